The minimum Gasteiger partial charge on any atom is -0.481 e. The molecule has 2 heteroatoms. The average molecular weight is 306 g/mol. The quantitative estimate of drug-likeness (QED) is 0.309. The zero-order valence-corrected chi connectivity index (χ0v) is 14.3. The van der Waals surface area contributed by atoms with Crippen LogP contribution in [0.2, 0.25) is 0 Å². The van der Waals surface area contributed by atoms with Crippen molar-refractivity contribution < 1.29 is 9.90 Å². The van der Waals surface area contributed by atoms with Crippen molar-refractivity contribution in [3.63, 3.8) is 0 Å². The lowest BCUT2D eigenvalue weighted by Crippen LogP contribution is -1.93. The lowest BCUT2D eigenvalue weighted by molar-refractivity contribution is -0.137. The van der Waals surface area contributed by atoms with Crippen molar-refractivity contribution in [2.24, 2.45) is 11.8 Å². The third-order valence-corrected chi connectivity index (χ3v) is 4.39. The third-order valence-electron chi connectivity index (χ3n) is 4.39. The molecule has 0 aliphatic heterocycles. The summed E-state index contributed by atoms with van der Waals surface area (Å²) in [6, 6.07) is 0. The van der Waals surface area contributed by atoms with Gasteiger partial charge in [0.25, 0.3) is 0 Å². The van der Waals surface area contributed by atoms with E-state index in [-0.39, 0.29) is 0 Å². The van der Waals surface area contributed by atoms with Gasteiger partial charge in [0.15, 0.2) is 0 Å². The fraction of sp³-hybridized carbons (Fsp3) is 0.750. The molecule has 0 aromatic heterocycles. The monoisotopic (exact) mass is 306 g/mol. The molecule has 0 aromatic carbocycles. The van der Waals surface area contributed by atoms with Crippen molar-refractivity contribution in [3.8, 4) is 0 Å². The smallest absolute Gasteiger partial charge is 0.303 e. The molecular weight excluding hydrogens is 272 g/mol. The van der Waals surface area contributed by atoms with E-state index in [1.54, 1.807) is 0 Å². The Kier molecular flexibility index (Phi) is 10.8. The zero-order valence-electron chi connectivity index (χ0n) is 14.3. The Labute approximate surface area is 136 Å². The van der Waals surface area contributed by atoms with Gasteiger partial charge in [-0.1, -0.05) is 63.3 Å². The fourth-order valence-electron chi connectivity index (χ4n) is 2.80. The third kappa shape index (κ3) is 10.6. The summed E-state index contributed by atoms with van der Waals surface area (Å²) < 4.78 is 0. The van der Waals surface area contributed by atoms with E-state index in [0.717, 1.165) is 37.5 Å². The summed E-state index contributed by atoms with van der Waals surface area (Å²) in [7, 11) is 0. The molecule has 2 atom stereocenters. The first-order chi connectivity index (χ1) is 10.7. The van der Waals surface area contributed by atoms with E-state index in [1.165, 1.54) is 44.9 Å². The molecule has 2 nitrogen and oxygen atoms in total. The van der Waals surface area contributed by atoms with Crippen LogP contribution in [0.1, 0.15) is 84.0 Å². The molecule has 1 fully saturated rings. The second kappa shape index (κ2) is 12.5. The van der Waals surface area contributed by atoms with Gasteiger partial charge in [0.1, 0.15) is 0 Å². The minimum atomic E-state index is -0.673. The SMILES string of the molecule is CCCCCCCC=CC1CC1C=CCCCCCC(=O)O. The van der Waals surface area contributed by atoms with E-state index in [1.807, 2.05) is 0 Å². The molecule has 0 heterocycles. The highest BCUT2D eigenvalue weighted by molar-refractivity contribution is 5.66. The number of hydrogen-bond acceptors (Lipinski definition) is 1. The molecule has 0 saturated heterocycles. The first-order valence-corrected chi connectivity index (χ1v) is 9.29. The fourth-order valence-corrected chi connectivity index (χ4v) is 2.80. The summed E-state index contributed by atoms with van der Waals surface area (Å²) in [5.41, 5.74) is 0. The molecule has 2 unspecified atom stereocenters. The Morgan fingerprint density at radius 1 is 0.909 bits per heavy atom. The largest absolute Gasteiger partial charge is 0.481 e. The Morgan fingerprint density at radius 3 is 2.00 bits per heavy atom. The van der Waals surface area contributed by atoms with Crippen molar-refractivity contribution >= 4 is 5.97 Å². The second-order valence-electron chi connectivity index (χ2n) is 6.62. The zero-order chi connectivity index (χ0) is 16.0. The van der Waals surface area contributed by atoms with Crippen LogP contribution >= 0.6 is 0 Å². The van der Waals surface area contributed by atoms with Gasteiger partial charge in [-0.3, -0.25) is 4.79 Å². The van der Waals surface area contributed by atoms with Crippen LogP contribution in [0.25, 0.3) is 0 Å². The van der Waals surface area contributed by atoms with E-state index in [4.69, 9.17) is 5.11 Å². The van der Waals surface area contributed by atoms with Crippen molar-refractivity contribution in [1.82, 2.24) is 0 Å². The van der Waals surface area contributed by atoms with Gasteiger partial charge >= 0.3 is 5.97 Å². The molecular formula is C20H34O2. The molecule has 1 N–H and O–H groups in total. The summed E-state index contributed by atoms with van der Waals surface area (Å²) in [6.07, 6.45) is 23.3. The van der Waals surface area contributed by atoms with Crippen LogP contribution in [0.4, 0.5) is 0 Å². The van der Waals surface area contributed by atoms with Crippen LogP contribution in [-0.2, 0) is 4.79 Å². The van der Waals surface area contributed by atoms with Crippen molar-refractivity contribution in [1.29, 1.82) is 0 Å². The first-order valence-electron chi connectivity index (χ1n) is 9.29. The van der Waals surface area contributed by atoms with Gasteiger partial charge in [-0.05, 0) is 50.4 Å². The molecule has 1 saturated carbocycles. The number of hydrogen-bond donors (Lipinski definition) is 1. The highest BCUT2D eigenvalue weighted by atomic mass is 16.4. The molecule has 1 aliphatic rings. The van der Waals surface area contributed by atoms with Gasteiger partial charge in [0, 0.05) is 6.42 Å². The maximum Gasteiger partial charge on any atom is 0.303 e. The number of aliphatic carboxylic acids is 1. The van der Waals surface area contributed by atoms with Crippen LogP contribution in [0, 0.1) is 11.8 Å². The summed E-state index contributed by atoms with van der Waals surface area (Å²) >= 11 is 0. The highest BCUT2D eigenvalue weighted by Crippen LogP contribution is 2.41. The number of carboxylic acids is 1. The number of carbonyl (C=O) groups is 1. The summed E-state index contributed by atoms with van der Waals surface area (Å²) in [6.45, 7) is 2.26. The Bertz CT molecular complexity index is 344. The minimum absolute atomic E-state index is 0.317. The van der Waals surface area contributed by atoms with Crippen LogP contribution in [0.5, 0.6) is 0 Å². The van der Waals surface area contributed by atoms with Crippen molar-refractivity contribution in [2.45, 2.75) is 84.0 Å². The first kappa shape index (κ1) is 19.0. The predicted octanol–water partition coefficient (Wildman–Crippen LogP) is 6.13. The van der Waals surface area contributed by atoms with E-state index in [9.17, 15) is 4.79 Å². The highest BCUT2D eigenvalue weighted by Gasteiger charge is 2.31. The predicted molar refractivity (Wildman–Crippen MR) is 94.0 cm³/mol. The maximum absolute atomic E-state index is 10.4. The molecule has 0 bridgehead atoms. The molecule has 0 amide bonds. The topological polar surface area (TPSA) is 37.3 Å². The van der Waals surface area contributed by atoms with E-state index < -0.39 is 5.97 Å². The van der Waals surface area contributed by atoms with Gasteiger partial charge in [-0.25, -0.2) is 0 Å². The number of carboxylic acid groups (broad SMARTS) is 1. The number of allylic oxidation sites excluding steroid dienone is 4. The Morgan fingerprint density at radius 2 is 1.45 bits per heavy atom. The summed E-state index contributed by atoms with van der Waals surface area (Å²) in [5, 5.41) is 8.55. The molecule has 126 valence electrons. The Balaban J connectivity index is 1.90. The lowest BCUT2D eigenvalue weighted by Gasteiger charge is -1.96. The standard InChI is InChI=1S/C20H34O2/c1-2-3-4-5-6-8-11-14-18-17-19(18)15-12-9-7-10-13-16-20(21)22/h11-12,14-15,18-19H,2-10,13,16-17H2,1H3,(H,21,22). The molecule has 1 aliphatic carbocycles. The number of rotatable bonds is 14. The van der Waals surface area contributed by atoms with Crippen LogP contribution in [0.3, 0.4) is 0 Å². The van der Waals surface area contributed by atoms with Crippen molar-refractivity contribution in [2.75, 3.05) is 0 Å². The second-order valence-corrected chi connectivity index (χ2v) is 6.62. The molecule has 0 spiro atoms. The summed E-state index contributed by atoms with van der Waals surface area (Å²) in [4.78, 5) is 10.4. The normalized spacial score (nSPS) is 21.0. The van der Waals surface area contributed by atoms with Gasteiger partial charge in [-0.2, -0.15) is 0 Å². The molecule has 22 heavy (non-hydrogen) atoms. The van der Waals surface area contributed by atoms with Gasteiger partial charge in [-0.15, -0.1) is 0 Å². The average Bonchev–Trinajstić information content (AvgIpc) is 3.23. The van der Waals surface area contributed by atoms with Gasteiger partial charge in [0.2, 0.25) is 0 Å². The number of unbranched alkanes of at least 4 members (excludes halogenated alkanes) is 8. The molecule has 0 aromatic rings. The Hall–Kier alpha value is -1.05. The van der Waals surface area contributed by atoms with Crippen LogP contribution in [0.15, 0.2) is 24.3 Å². The molecule has 1 rings (SSSR count). The van der Waals surface area contributed by atoms with Crippen LogP contribution in [-0.4, -0.2) is 11.1 Å². The van der Waals surface area contributed by atoms with Gasteiger partial charge < -0.3 is 5.11 Å². The maximum atomic E-state index is 10.4. The van der Waals surface area contributed by atoms with Gasteiger partial charge in [0.05, 0.1) is 0 Å². The lowest BCUT2D eigenvalue weighted by atomic mass is 10.1. The van der Waals surface area contributed by atoms with Crippen molar-refractivity contribution in [3.05, 3.63) is 24.3 Å². The van der Waals surface area contributed by atoms with E-state index in [0.29, 0.717) is 6.42 Å². The van der Waals surface area contributed by atoms with E-state index in [2.05, 4.69) is 31.2 Å². The van der Waals surface area contributed by atoms with Crippen LogP contribution < -0.4 is 0 Å². The van der Waals surface area contributed by atoms with E-state index >= 15 is 0 Å². The summed E-state index contributed by atoms with van der Waals surface area (Å²) in [5.74, 6) is 0.891. The molecule has 0 radical (unpaired) electrons.